The number of nitrogen functional groups attached to an aromatic ring is 1. The van der Waals surface area contributed by atoms with Gasteiger partial charge in [0, 0.05) is 11.1 Å². The van der Waals surface area contributed by atoms with Gasteiger partial charge < -0.3 is 15.8 Å². The molecule has 0 bridgehead atoms. The molecule has 0 aromatic heterocycles. The van der Waals surface area contributed by atoms with Crippen LogP contribution < -0.4 is 11.1 Å². The first-order valence-corrected chi connectivity index (χ1v) is 6.82. The number of ether oxygens (including phenoxy) is 1. The zero-order chi connectivity index (χ0) is 13.1. The van der Waals surface area contributed by atoms with Crippen molar-refractivity contribution < 1.29 is 9.53 Å². The van der Waals surface area contributed by atoms with Crippen LogP contribution in [0.5, 0.6) is 0 Å². The summed E-state index contributed by atoms with van der Waals surface area (Å²) in [6, 6.07) is 3.74. The highest BCUT2D eigenvalue weighted by atomic mass is 79.9. The maximum absolute atomic E-state index is 11.9. The van der Waals surface area contributed by atoms with E-state index in [1.807, 2.05) is 19.1 Å². The van der Waals surface area contributed by atoms with Gasteiger partial charge in [-0.15, -0.1) is 0 Å². The number of aryl methyl sites for hydroxylation is 1. The van der Waals surface area contributed by atoms with Crippen LogP contribution in [0.2, 0.25) is 0 Å². The summed E-state index contributed by atoms with van der Waals surface area (Å²) in [5.41, 5.74) is 8.15. The fraction of sp³-hybridized carbons (Fsp3) is 0.462. The summed E-state index contributed by atoms with van der Waals surface area (Å²) >= 11 is 3.39. The quantitative estimate of drug-likeness (QED) is 0.843. The number of carbonyl (C=O) groups is 1. The molecule has 0 saturated carbocycles. The van der Waals surface area contributed by atoms with Gasteiger partial charge in [0.1, 0.15) is 0 Å². The summed E-state index contributed by atoms with van der Waals surface area (Å²) in [7, 11) is 0. The molecule has 2 rings (SSSR count). The van der Waals surface area contributed by atoms with Gasteiger partial charge in [-0.25, -0.2) is 0 Å². The van der Waals surface area contributed by atoms with Crippen LogP contribution in [-0.4, -0.2) is 18.6 Å². The molecule has 0 spiro atoms. The van der Waals surface area contributed by atoms with Gasteiger partial charge in [0.25, 0.3) is 0 Å². The molecule has 1 unspecified atom stereocenters. The van der Waals surface area contributed by atoms with E-state index in [-0.39, 0.29) is 12.0 Å². The van der Waals surface area contributed by atoms with Crippen molar-refractivity contribution in [3.63, 3.8) is 0 Å². The summed E-state index contributed by atoms with van der Waals surface area (Å²) in [6.07, 6.45) is 2.45. The topological polar surface area (TPSA) is 64.3 Å². The van der Waals surface area contributed by atoms with Crippen molar-refractivity contribution in [1.82, 2.24) is 0 Å². The minimum Gasteiger partial charge on any atom is -0.397 e. The predicted molar refractivity (Wildman–Crippen MR) is 75.5 cm³/mol. The molecule has 0 radical (unpaired) electrons. The van der Waals surface area contributed by atoms with Crippen molar-refractivity contribution in [2.45, 2.75) is 32.3 Å². The number of hydrogen-bond donors (Lipinski definition) is 2. The third-order valence-electron chi connectivity index (χ3n) is 3.06. The van der Waals surface area contributed by atoms with E-state index >= 15 is 0 Å². The second kappa shape index (κ2) is 5.71. The molecule has 1 aliphatic rings. The molecule has 1 aromatic rings. The summed E-state index contributed by atoms with van der Waals surface area (Å²) in [5.74, 6) is -0.0499. The van der Waals surface area contributed by atoms with Crippen molar-refractivity contribution in [1.29, 1.82) is 0 Å². The molecule has 18 heavy (non-hydrogen) atoms. The third kappa shape index (κ3) is 3.23. The molecule has 98 valence electrons. The van der Waals surface area contributed by atoms with Gasteiger partial charge in [-0.05, 0) is 37.5 Å². The van der Waals surface area contributed by atoms with Crippen molar-refractivity contribution >= 4 is 33.2 Å². The Morgan fingerprint density at radius 1 is 1.61 bits per heavy atom. The molecule has 5 heteroatoms. The lowest BCUT2D eigenvalue weighted by atomic mass is 10.1. The van der Waals surface area contributed by atoms with Crippen LogP contribution in [0.25, 0.3) is 0 Å². The summed E-state index contributed by atoms with van der Waals surface area (Å²) in [4.78, 5) is 11.9. The maximum Gasteiger partial charge on any atom is 0.227 e. The number of nitrogens with two attached hydrogens (primary N) is 1. The first-order chi connectivity index (χ1) is 8.56. The van der Waals surface area contributed by atoms with E-state index < -0.39 is 0 Å². The predicted octanol–water partition coefficient (Wildman–Crippen LogP) is 2.85. The number of rotatable bonds is 3. The van der Waals surface area contributed by atoms with Crippen LogP contribution in [-0.2, 0) is 9.53 Å². The molecule has 1 aliphatic heterocycles. The molecule has 1 atom stereocenters. The van der Waals surface area contributed by atoms with E-state index in [1.54, 1.807) is 0 Å². The van der Waals surface area contributed by atoms with Crippen LogP contribution in [0.15, 0.2) is 16.6 Å². The average molecular weight is 313 g/mol. The van der Waals surface area contributed by atoms with Gasteiger partial charge in [-0.2, -0.15) is 0 Å². The molecule has 1 heterocycles. The van der Waals surface area contributed by atoms with Crippen molar-refractivity contribution in [3.8, 4) is 0 Å². The molecule has 1 fully saturated rings. The molecular weight excluding hydrogens is 296 g/mol. The normalized spacial score (nSPS) is 18.9. The number of anilines is 2. The van der Waals surface area contributed by atoms with Crippen LogP contribution in [0, 0.1) is 6.92 Å². The zero-order valence-electron chi connectivity index (χ0n) is 10.3. The first-order valence-electron chi connectivity index (χ1n) is 6.03. The Labute approximate surface area is 115 Å². The van der Waals surface area contributed by atoms with Gasteiger partial charge >= 0.3 is 0 Å². The molecule has 4 nitrogen and oxygen atoms in total. The number of nitrogens with one attached hydrogen (secondary N) is 1. The summed E-state index contributed by atoms with van der Waals surface area (Å²) in [6.45, 7) is 2.67. The van der Waals surface area contributed by atoms with E-state index in [4.69, 9.17) is 10.5 Å². The van der Waals surface area contributed by atoms with Crippen LogP contribution in [0.1, 0.15) is 24.8 Å². The van der Waals surface area contributed by atoms with E-state index in [2.05, 4.69) is 21.2 Å². The Morgan fingerprint density at radius 3 is 3.06 bits per heavy atom. The minimum absolute atomic E-state index is 0.0499. The van der Waals surface area contributed by atoms with Gasteiger partial charge in [-0.1, -0.05) is 15.9 Å². The number of hydrogen-bond acceptors (Lipinski definition) is 3. The number of halogens is 1. The number of amides is 1. The van der Waals surface area contributed by atoms with E-state index in [1.165, 1.54) is 0 Å². The van der Waals surface area contributed by atoms with E-state index in [9.17, 15) is 4.79 Å². The standard InChI is InChI=1S/C13H17BrN2O2/c1-8-5-9(14)6-11(13(8)15)16-12(17)7-10-3-2-4-18-10/h5-6,10H,2-4,7,15H2,1H3,(H,16,17). The Balaban J connectivity index is 2.02. The van der Waals surface area contributed by atoms with Gasteiger partial charge in [0.2, 0.25) is 5.91 Å². The van der Waals surface area contributed by atoms with Gasteiger partial charge in [0.15, 0.2) is 0 Å². The smallest absolute Gasteiger partial charge is 0.227 e. The van der Waals surface area contributed by atoms with Crippen molar-refractivity contribution in [3.05, 3.63) is 22.2 Å². The molecular formula is C13H17BrN2O2. The lowest BCUT2D eigenvalue weighted by molar-refractivity contribution is -0.118. The Hall–Kier alpha value is -1.07. The molecule has 1 aromatic carbocycles. The molecule has 3 N–H and O–H groups in total. The van der Waals surface area contributed by atoms with E-state index in [0.717, 1.165) is 29.5 Å². The average Bonchev–Trinajstić information content (AvgIpc) is 2.77. The lowest BCUT2D eigenvalue weighted by Gasteiger charge is -2.13. The second-order valence-electron chi connectivity index (χ2n) is 4.57. The first kappa shape index (κ1) is 13.4. The Morgan fingerprint density at radius 2 is 2.39 bits per heavy atom. The summed E-state index contributed by atoms with van der Waals surface area (Å²) < 4.78 is 6.34. The zero-order valence-corrected chi connectivity index (χ0v) is 11.9. The van der Waals surface area contributed by atoms with Gasteiger partial charge in [0.05, 0.1) is 23.9 Å². The largest absolute Gasteiger partial charge is 0.397 e. The maximum atomic E-state index is 11.9. The summed E-state index contributed by atoms with van der Waals surface area (Å²) in [5, 5.41) is 2.84. The van der Waals surface area contributed by atoms with Crippen LogP contribution in [0.4, 0.5) is 11.4 Å². The highest BCUT2D eigenvalue weighted by Crippen LogP contribution is 2.28. The fourth-order valence-corrected chi connectivity index (χ4v) is 2.64. The fourth-order valence-electron chi connectivity index (χ4n) is 2.07. The number of carbonyl (C=O) groups excluding carboxylic acids is 1. The highest BCUT2D eigenvalue weighted by Gasteiger charge is 2.19. The van der Waals surface area contributed by atoms with Crippen LogP contribution in [0.3, 0.4) is 0 Å². The lowest BCUT2D eigenvalue weighted by Crippen LogP contribution is -2.20. The van der Waals surface area contributed by atoms with Crippen molar-refractivity contribution in [2.75, 3.05) is 17.7 Å². The molecule has 1 amide bonds. The van der Waals surface area contributed by atoms with Crippen LogP contribution >= 0.6 is 15.9 Å². The second-order valence-corrected chi connectivity index (χ2v) is 5.49. The molecule has 0 aliphatic carbocycles. The Kier molecular flexibility index (Phi) is 4.24. The highest BCUT2D eigenvalue weighted by molar-refractivity contribution is 9.10. The van der Waals surface area contributed by atoms with E-state index in [0.29, 0.717) is 17.8 Å². The third-order valence-corrected chi connectivity index (χ3v) is 3.52. The number of benzene rings is 1. The SMILES string of the molecule is Cc1cc(Br)cc(NC(=O)CC2CCCO2)c1N. The Bertz CT molecular complexity index is 457. The van der Waals surface area contributed by atoms with Crippen molar-refractivity contribution in [2.24, 2.45) is 0 Å². The minimum atomic E-state index is -0.0499. The van der Waals surface area contributed by atoms with Gasteiger partial charge in [-0.3, -0.25) is 4.79 Å². The monoisotopic (exact) mass is 312 g/mol. The molecule has 1 saturated heterocycles.